The highest BCUT2D eigenvalue weighted by molar-refractivity contribution is 8.02. The number of imide groups is 2. The van der Waals surface area contributed by atoms with Gasteiger partial charge in [-0.25, -0.2) is 9.59 Å². The van der Waals surface area contributed by atoms with E-state index in [9.17, 15) is 43.5 Å². The van der Waals surface area contributed by atoms with E-state index in [1.807, 2.05) is 104 Å². The molecule has 9 rings (SSSR count). The van der Waals surface area contributed by atoms with Crippen molar-refractivity contribution in [1.82, 2.24) is 20.0 Å². The van der Waals surface area contributed by atoms with Crippen LogP contribution >= 0.6 is 35.1 Å². The van der Waals surface area contributed by atoms with Crippen molar-refractivity contribution >= 4 is 88.3 Å². The molecular formula is C68H80ClN5O16S2. The Morgan fingerprint density at radius 2 is 1.39 bits per heavy atom. The first-order valence-corrected chi connectivity index (χ1v) is 33.0. The molecule has 0 spiro atoms. The van der Waals surface area contributed by atoms with Crippen LogP contribution in [0.15, 0.2) is 127 Å². The van der Waals surface area contributed by atoms with E-state index in [2.05, 4.69) is 5.32 Å². The predicted octanol–water partition coefficient (Wildman–Crippen LogP) is 7.65. The van der Waals surface area contributed by atoms with E-state index in [4.69, 9.17) is 44.8 Å². The molecule has 2 N–H and O–H groups in total. The third kappa shape index (κ3) is 15.4. The lowest BCUT2D eigenvalue weighted by Gasteiger charge is -2.42. The topological polar surface area (TPSA) is 250 Å². The first-order valence-electron chi connectivity index (χ1n) is 30.7. The molecule has 4 aromatic rings. The predicted molar refractivity (Wildman–Crippen MR) is 347 cm³/mol. The van der Waals surface area contributed by atoms with Gasteiger partial charge >= 0.3 is 12.1 Å². The van der Waals surface area contributed by atoms with E-state index in [1.165, 1.54) is 54.7 Å². The summed E-state index contributed by atoms with van der Waals surface area (Å²) >= 11 is 9.47. The number of methoxy groups -OCH3 is 2. The van der Waals surface area contributed by atoms with Gasteiger partial charge in [-0.15, -0.1) is 23.5 Å². The molecule has 5 heterocycles. The van der Waals surface area contributed by atoms with Crippen LogP contribution in [0.1, 0.15) is 82.1 Å². The lowest BCUT2D eigenvalue weighted by molar-refractivity contribution is -0.162. The van der Waals surface area contributed by atoms with Crippen LogP contribution in [0, 0.1) is 5.92 Å². The highest BCUT2D eigenvalue weighted by atomic mass is 35.5. The minimum atomic E-state index is -1.90. The number of benzene rings is 4. The monoisotopic (exact) mass is 1320 g/mol. The maximum absolute atomic E-state index is 14.4. The second kappa shape index (κ2) is 30.3. The summed E-state index contributed by atoms with van der Waals surface area (Å²) in [7, 11) is 5.86. The van der Waals surface area contributed by atoms with Gasteiger partial charge in [-0.2, -0.15) is 0 Å². The molecule has 492 valence electrons. The number of amides is 7. The summed E-state index contributed by atoms with van der Waals surface area (Å²) in [5.74, 6) is -3.27. The molecular weight excluding hydrogens is 1240 g/mol. The average molecular weight is 1320 g/mol. The Balaban J connectivity index is 0.741. The van der Waals surface area contributed by atoms with Crippen LogP contribution in [0.3, 0.4) is 0 Å². The van der Waals surface area contributed by atoms with Gasteiger partial charge in [-0.05, 0) is 61.6 Å². The molecule has 24 heteroatoms. The number of rotatable bonds is 23. The number of carbonyl (C=O) groups excluding carboxylic acids is 8. The Morgan fingerprint density at radius 1 is 0.826 bits per heavy atom. The van der Waals surface area contributed by atoms with E-state index in [0.717, 1.165) is 44.5 Å². The molecule has 7 amide bonds. The summed E-state index contributed by atoms with van der Waals surface area (Å²) in [6.45, 7) is 7.29. The number of epoxide rings is 1. The van der Waals surface area contributed by atoms with Crippen LogP contribution in [0.4, 0.5) is 10.5 Å². The van der Waals surface area contributed by atoms with Crippen molar-refractivity contribution in [2.75, 3.05) is 78.5 Å². The zero-order valence-corrected chi connectivity index (χ0v) is 55.3. The second-order valence-electron chi connectivity index (χ2n) is 23.8. The maximum Gasteiger partial charge on any atom is 0.409 e. The summed E-state index contributed by atoms with van der Waals surface area (Å²) in [4.78, 5) is 114. The van der Waals surface area contributed by atoms with Gasteiger partial charge in [0.25, 0.3) is 0 Å². The van der Waals surface area contributed by atoms with Gasteiger partial charge in [-0.3, -0.25) is 43.9 Å². The molecule has 0 radical (unpaired) electrons. The first-order chi connectivity index (χ1) is 44.0. The highest BCUT2D eigenvalue weighted by Crippen LogP contribution is 2.53. The molecule has 4 saturated heterocycles. The maximum atomic E-state index is 14.4. The van der Waals surface area contributed by atoms with Crippen LogP contribution in [0.5, 0.6) is 5.75 Å². The zero-order chi connectivity index (χ0) is 66.1. The molecule has 10 atom stereocenters. The SMILES string of the molecule is COc1cc2cc(c1Cl)N(C)C(=O)C[C@H](OC(=O)[C@@H](C)N(C)C(=O)CCSC1CC(=O)N(CCOCCOCCN3C(=O)CC(SC(c4ccccc4)(c4ccccc4)c4ccccc4)C3=O)C1=O)[C@]1(C)O[C@H]1[C@H](C)[C@@H]1C[C@@](O)(NC(=O)O1)[C@H](OC)/C=C/C=C(\C)C2. The van der Waals surface area contributed by atoms with Gasteiger partial charge < -0.3 is 48.1 Å². The zero-order valence-electron chi connectivity index (χ0n) is 52.9. The van der Waals surface area contributed by atoms with Crippen molar-refractivity contribution in [3.05, 3.63) is 154 Å². The Bertz CT molecular complexity index is 3320. The van der Waals surface area contributed by atoms with E-state index in [0.29, 0.717) is 17.9 Å². The molecule has 0 aliphatic carbocycles. The summed E-state index contributed by atoms with van der Waals surface area (Å²) in [5.41, 5.74) is 1.72. The Morgan fingerprint density at radius 3 is 1.96 bits per heavy atom. The van der Waals surface area contributed by atoms with Gasteiger partial charge in [0.15, 0.2) is 5.72 Å². The number of ether oxygens (including phenoxy) is 7. The van der Waals surface area contributed by atoms with Gasteiger partial charge in [-0.1, -0.05) is 133 Å². The van der Waals surface area contributed by atoms with Crippen molar-refractivity contribution < 1.29 is 76.6 Å². The Hall–Kier alpha value is -7.09. The van der Waals surface area contributed by atoms with E-state index in [-0.39, 0.29) is 93.7 Å². The third-order valence-electron chi connectivity index (χ3n) is 17.7. The van der Waals surface area contributed by atoms with Crippen LogP contribution in [0.25, 0.3) is 0 Å². The Kier molecular flexibility index (Phi) is 22.8. The van der Waals surface area contributed by atoms with Gasteiger partial charge in [0.05, 0.1) is 80.1 Å². The van der Waals surface area contributed by atoms with Crippen molar-refractivity contribution in [1.29, 1.82) is 0 Å². The number of likely N-dealkylation sites (N-methyl/N-ethyl adjacent to an activating group) is 1. The fourth-order valence-corrected chi connectivity index (χ4v) is 15.4. The van der Waals surface area contributed by atoms with Gasteiger partial charge in [0.2, 0.25) is 35.4 Å². The first kappa shape index (κ1) is 69.3. The number of likely N-dealkylation sites (tertiary alicyclic amines) is 2. The molecule has 0 saturated carbocycles. The number of hydrogen-bond acceptors (Lipinski definition) is 18. The minimum absolute atomic E-state index is 0.00360. The highest BCUT2D eigenvalue weighted by Gasteiger charge is 2.65. The normalized spacial score (nSPS) is 26.6. The van der Waals surface area contributed by atoms with Crippen LogP contribution in [0.2, 0.25) is 5.02 Å². The molecule has 21 nitrogen and oxygen atoms in total. The molecule has 4 fully saturated rings. The fraction of sp³-hybridized carbons (Fsp3) is 0.471. The van der Waals surface area contributed by atoms with E-state index < -0.39 is 99.2 Å². The van der Waals surface area contributed by atoms with Crippen LogP contribution in [-0.2, 0) is 73.2 Å². The second-order valence-corrected chi connectivity index (χ2v) is 26.9. The number of aliphatic hydroxyl groups is 1. The molecule has 5 aliphatic heterocycles. The quantitative estimate of drug-likeness (QED) is 0.0238. The minimum Gasteiger partial charge on any atom is -0.495 e. The number of carbonyl (C=O) groups is 8. The third-order valence-corrected chi connectivity index (χ3v) is 21.0. The summed E-state index contributed by atoms with van der Waals surface area (Å²) in [5, 5.41) is 13.2. The van der Waals surface area contributed by atoms with Crippen LogP contribution in [-0.4, -0.2) is 193 Å². The molecule has 2 unspecified atom stereocenters. The van der Waals surface area contributed by atoms with Crippen LogP contribution < -0.4 is 15.0 Å². The molecule has 92 heavy (non-hydrogen) atoms. The molecule has 4 aromatic carbocycles. The standard InChI is InChI=1S/C68H80ClN5O16S2/c1-42-19-18-26-54(85-8)67(83)41-51(88-65(82)70-67)43(2)61-66(4,90-61)55(40-57(76)72(6)49-36-45(35-42)37-50(84-7)60(49)69)89-64(81)44(3)71(5)56(75)27-34-91-52-38-58(77)73(62(52)79)28-30-86-32-33-87-31-29-74-59(78)39-53(63(74)80)92-68(46-20-12-9-13-21-46,47-22-14-10-15-23-47)48-24-16-11-17-25-48/h9-26,36-37,43-44,51-55,61,83H,27-35,38-41H2,1-8H3,(H,70,82)/b26-18+,42-19+/t43-,44-,51+,52?,53?,54-,55+,61+,66+,67+/m1/s1. The number of nitrogens with one attached hydrogen (secondary N) is 1. The number of esters is 1. The van der Waals surface area contributed by atoms with Crippen molar-refractivity contribution in [2.24, 2.45) is 5.92 Å². The number of fused-ring (bicyclic) bond motifs is 5. The number of nitrogens with zero attached hydrogens (tertiary/aromatic N) is 4. The Labute approximate surface area is 549 Å². The van der Waals surface area contributed by atoms with E-state index in [1.54, 1.807) is 45.2 Å². The lowest BCUT2D eigenvalue weighted by Crippen LogP contribution is -2.63. The van der Waals surface area contributed by atoms with Crippen molar-refractivity contribution in [2.45, 2.75) is 123 Å². The average Bonchev–Trinajstić information content (AvgIpc) is 1.52. The summed E-state index contributed by atoms with van der Waals surface area (Å²) < 4.78 is 40.3. The lowest BCUT2D eigenvalue weighted by atomic mass is 9.83. The molecule has 0 aromatic heterocycles. The van der Waals surface area contributed by atoms with Gasteiger partial charge in [0, 0.05) is 58.6 Å². The number of allylic oxidation sites excluding steroid dienone is 3. The number of anilines is 1. The van der Waals surface area contributed by atoms with Crippen molar-refractivity contribution in [3.8, 4) is 5.75 Å². The molecule has 4 bridgehead atoms. The number of hydrogen-bond donors (Lipinski definition) is 2. The fourth-order valence-electron chi connectivity index (χ4n) is 12.3. The van der Waals surface area contributed by atoms with E-state index >= 15 is 0 Å². The van der Waals surface area contributed by atoms with Gasteiger partial charge in [0.1, 0.15) is 40.7 Å². The van der Waals surface area contributed by atoms with Crippen molar-refractivity contribution in [3.63, 3.8) is 0 Å². The largest absolute Gasteiger partial charge is 0.495 e. The number of thioether (sulfide) groups is 2. The smallest absolute Gasteiger partial charge is 0.409 e. The summed E-state index contributed by atoms with van der Waals surface area (Å²) in [6.07, 6.45) is 0.152. The number of halogens is 1. The summed E-state index contributed by atoms with van der Waals surface area (Å²) in [6, 6.07) is 32.3. The molecule has 5 aliphatic rings. The number of alkyl carbamates (subject to hydrolysis) is 1.